The number of rotatable bonds is 0. The van der Waals surface area contributed by atoms with Gasteiger partial charge in [0.05, 0.1) is 0 Å². The second kappa shape index (κ2) is 5.06. The van der Waals surface area contributed by atoms with Crippen molar-refractivity contribution in [3.8, 4) is 0 Å². The molecule has 1 aliphatic rings. The summed E-state index contributed by atoms with van der Waals surface area (Å²) in [5.74, 6) is 1.40. The Kier molecular flexibility index (Phi) is 4.27. The minimum absolute atomic E-state index is 0.929. The first-order valence-corrected chi connectivity index (χ1v) is 5.56. The number of hydrogen-bond donors (Lipinski definition) is 0. The molecule has 0 aromatic heterocycles. The molecule has 0 aromatic rings. The van der Waals surface area contributed by atoms with Crippen molar-refractivity contribution < 1.29 is 0 Å². The Labute approximate surface area is 68.8 Å². The average molecular weight is 158 g/mol. The maximum atomic E-state index is 2.37. The van der Waals surface area contributed by atoms with Crippen LogP contribution in [0.25, 0.3) is 0 Å². The third-order valence-electron chi connectivity index (χ3n) is 2.16. The molecule has 1 rings (SSSR count). The molecule has 0 N–H and O–H groups in total. The molecule has 0 aliphatic carbocycles. The largest absolute Gasteiger partial charge is 0.159 e. The van der Waals surface area contributed by atoms with Crippen LogP contribution in [0.2, 0.25) is 0 Å². The van der Waals surface area contributed by atoms with Crippen LogP contribution in [-0.2, 0) is 0 Å². The van der Waals surface area contributed by atoms with Crippen molar-refractivity contribution in [3.63, 3.8) is 0 Å². The van der Waals surface area contributed by atoms with E-state index in [1.807, 2.05) is 0 Å². The smallest absolute Gasteiger partial charge is 0.00187 e. The third-order valence-corrected chi connectivity index (χ3v) is 3.49. The molecule has 1 unspecified atom stereocenters. The van der Waals surface area contributed by atoms with Gasteiger partial charge in [0.2, 0.25) is 0 Å². The lowest BCUT2D eigenvalue weighted by molar-refractivity contribution is 0.617. The first kappa shape index (κ1) is 8.45. The maximum absolute atomic E-state index is 2.37. The van der Waals surface area contributed by atoms with Gasteiger partial charge in [-0.25, -0.2) is 0 Å². The van der Waals surface area contributed by atoms with Crippen LogP contribution in [-0.4, -0.2) is 11.0 Å². The molecule has 60 valence electrons. The fourth-order valence-corrected chi connectivity index (χ4v) is 2.54. The fraction of sp³-hybridized carbons (Fsp3) is 1.00. The Morgan fingerprint density at radius 2 is 1.70 bits per heavy atom. The third kappa shape index (κ3) is 3.50. The summed E-state index contributed by atoms with van der Waals surface area (Å²) in [5, 5.41) is 0.929. The monoisotopic (exact) mass is 158 g/mol. The minimum atomic E-state index is 0.929. The van der Waals surface area contributed by atoms with Gasteiger partial charge in [-0.1, -0.05) is 32.6 Å². The van der Waals surface area contributed by atoms with Crippen molar-refractivity contribution in [2.45, 2.75) is 50.7 Å². The van der Waals surface area contributed by atoms with Crippen LogP contribution in [0.15, 0.2) is 0 Å². The van der Waals surface area contributed by atoms with Crippen molar-refractivity contribution in [3.05, 3.63) is 0 Å². The second-order valence-electron chi connectivity index (χ2n) is 3.24. The first-order chi connectivity index (χ1) is 4.89. The first-order valence-electron chi connectivity index (χ1n) is 4.51. The fourth-order valence-electron chi connectivity index (χ4n) is 1.43. The zero-order chi connectivity index (χ0) is 7.23. The summed E-state index contributed by atoms with van der Waals surface area (Å²) in [5.41, 5.74) is 0. The second-order valence-corrected chi connectivity index (χ2v) is 4.78. The summed E-state index contributed by atoms with van der Waals surface area (Å²) in [6.45, 7) is 2.37. The predicted molar refractivity (Wildman–Crippen MR) is 49.6 cm³/mol. The topological polar surface area (TPSA) is 0 Å². The van der Waals surface area contributed by atoms with E-state index in [-0.39, 0.29) is 0 Å². The summed E-state index contributed by atoms with van der Waals surface area (Å²) in [7, 11) is 0. The lowest BCUT2D eigenvalue weighted by Gasteiger charge is -2.07. The highest BCUT2D eigenvalue weighted by atomic mass is 32.2. The molecule has 1 atom stereocenters. The molecule has 10 heavy (non-hydrogen) atoms. The van der Waals surface area contributed by atoms with Crippen LogP contribution in [0.4, 0.5) is 0 Å². The number of thioether (sulfide) groups is 1. The molecule has 1 heterocycles. The van der Waals surface area contributed by atoms with E-state index in [0.717, 1.165) is 5.25 Å². The van der Waals surface area contributed by atoms with Crippen molar-refractivity contribution in [2.75, 3.05) is 5.75 Å². The quantitative estimate of drug-likeness (QED) is 0.520. The van der Waals surface area contributed by atoms with Gasteiger partial charge >= 0.3 is 0 Å². The van der Waals surface area contributed by atoms with Gasteiger partial charge in [0.15, 0.2) is 0 Å². The van der Waals surface area contributed by atoms with Gasteiger partial charge in [-0.15, -0.1) is 0 Å². The molecule has 0 nitrogen and oxygen atoms in total. The summed E-state index contributed by atoms with van der Waals surface area (Å²) >= 11 is 2.17. The van der Waals surface area contributed by atoms with E-state index in [9.17, 15) is 0 Å². The molecule has 1 saturated heterocycles. The van der Waals surface area contributed by atoms with E-state index in [4.69, 9.17) is 0 Å². The maximum Gasteiger partial charge on any atom is 0.00187 e. The van der Waals surface area contributed by atoms with Gasteiger partial charge in [0.25, 0.3) is 0 Å². The van der Waals surface area contributed by atoms with Gasteiger partial charge < -0.3 is 0 Å². The van der Waals surface area contributed by atoms with Crippen molar-refractivity contribution in [1.29, 1.82) is 0 Å². The molecular formula is C9H18S. The molecule has 0 bridgehead atoms. The zero-order valence-corrected chi connectivity index (χ0v) is 7.75. The van der Waals surface area contributed by atoms with Crippen LogP contribution in [0, 0.1) is 0 Å². The average Bonchev–Trinajstić information content (AvgIpc) is 2.02. The highest BCUT2D eigenvalue weighted by Gasteiger charge is 2.04. The van der Waals surface area contributed by atoms with Gasteiger partial charge in [0, 0.05) is 5.25 Å². The van der Waals surface area contributed by atoms with Crippen LogP contribution >= 0.6 is 11.8 Å². The molecule has 0 amide bonds. The lowest BCUT2D eigenvalue weighted by Crippen LogP contribution is -1.95. The van der Waals surface area contributed by atoms with Crippen molar-refractivity contribution >= 4 is 11.8 Å². The Hall–Kier alpha value is 0.350. The highest BCUT2D eigenvalue weighted by molar-refractivity contribution is 7.99. The van der Waals surface area contributed by atoms with Gasteiger partial charge in [-0.05, 0) is 18.6 Å². The van der Waals surface area contributed by atoms with Crippen molar-refractivity contribution in [1.82, 2.24) is 0 Å². The summed E-state index contributed by atoms with van der Waals surface area (Å²) in [4.78, 5) is 0. The Bertz CT molecular complexity index is 70.8. The normalized spacial score (nSPS) is 30.3. The minimum Gasteiger partial charge on any atom is -0.159 e. The van der Waals surface area contributed by atoms with Gasteiger partial charge in [-0.2, -0.15) is 11.8 Å². The van der Waals surface area contributed by atoms with Crippen LogP contribution < -0.4 is 0 Å². The lowest BCUT2D eigenvalue weighted by atomic mass is 10.1. The highest BCUT2D eigenvalue weighted by Crippen LogP contribution is 2.22. The molecule has 1 aliphatic heterocycles. The molecule has 0 radical (unpaired) electrons. The molecule has 0 aromatic carbocycles. The molecular weight excluding hydrogens is 140 g/mol. The van der Waals surface area contributed by atoms with Crippen LogP contribution in [0.1, 0.15) is 45.4 Å². The number of hydrogen-bond acceptors (Lipinski definition) is 1. The Balaban J connectivity index is 2.15. The SMILES string of the molecule is CC1CCCCCCCS1. The van der Waals surface area contributed by atoms with E-state index in [1.54, 1.807) is 0 Å². The standard InChI is InChI=1S/C9H18S/c1-9-7-5-3-2-4-6-8-10-9/h9H,2-8H2,1H3. The van der Waals surface area contributed by atoms with Crippen LogP contribution in [0.3, 0.4) is 0 Å². The zero-order valence-electron chi connectivity index (χ0n) is 6.94. The van der Waals surface area contributed by atoms with E-state index < -0.39 is 0 Å². The summed E-state index contributed by atoms with van der Waals surface area (Å²) < 4.78 is 0. The van der Waals surface area contributed by atoms with E-state index in [0.29, 0.717) is 0 Å². The predicted octanol–water partition coefficient (Wildman–Crippen LogP) is 3.46. The molecule has 0 spiro atoms. The van der Waals surface area contributed by atoms with Crippen LogP contribution in [0.5, 0.6) is 0 Å². The van der Waals surface area contributed by atoms with Crippen molar-refractivity contribution in [2.24, 2.45) is 0 Å². The Morgan fingerprint density at radius 1 is 1.00 bits per heavy atom. The van der Waals surface area contributed by atoms with Gasteiger partial charge in [-0.3, -0.25) is 0 Å². The molecule has 0 saturated carbocycles. The van der Waals surface area contributed by atoms with Gasteiger partial charge in [0.1, 0.15) is 0 Å². The Morgan fingerprint density at radius 3 is 2.60 bits per heavy atom. The molecule has 1 heteroatoms. The van der Waals surface area contributed by atoms with E-state index in [1.165, 1.54) is 44.3 Å². The van der Waals surface area contributed by atoms with E-state index >= 15 is 0 Å². The summed E-state index contributed by atoms with van der Waals surface area (Å²) in [6.07, 6.45) is 8.80. The summed E-state index contributed by atoms with van der Waals surface area (Å²) in [6, 6.07) is 0. The molecule has 1 fully saturated rings. The van der Waals surface area contributed by atoms with E-state index in [2.05, 4.69) is 18.7 Å².